The number of carbonyl (C=O) groups excluding carboxylic acids is 2. The smallest absolute Gasteiger partial charge is 0.259 e. The zero-order valence-corrected chi connectivity index (χ0v) is 18.2. The van der Waals surface area contributed by atoms with Gasteiger partial charge in [0, 0.05) is 36.1 Å². The normalized spacial score (nSPS) is 23.8. The molecule has 0 aromatic carbocycles. The Labute approximate surface area is 174 Å². The number of aromatic nitrogens is 1. The van der Waals surface area contributed by atoms with E-state index < -0.39 is 0 Å². The first kappa shape index (κ1) is 21.0. The molecule has 154 valence electrons. The summed E-state index contributed by atoms with van der Waals surface area (Å²) in [5.41, 5.74) is 0.361. The molecule has 3 atom stereocenters. The molecule has 1 aliphatic carbocycles. The third-order valence-electron chi connectivity index (χ3n) is 5.77. The van der Waals surface area contributed by atoms with Crippen LogP contribution in [0.1, 0.15) is 43.5 Å². The van der Waals surface area contributed by atoms with E-state index in [4.69, 9.17) is 4.74 Å². The molecule has 0 saturated heterocycles. The Morgan fingerprint density at radius 1 is 1.50 bits per heavy atom. The van der Waals surface area contributed by atoms with Crippen molar-refractivity contribution in [3.8, 4) is 5.88 Å². The largest absolute Gasteiger partial charge is 0.472 e. The van der Waals surface area contributed by atoms with Gasteiger partial charge in [-0.1, -0.05) is 13.3 Å². The Morgan fingerprint density at radius 3 is 2.82 bits per heavy atom. The number of fused-ring (bicyclic) bond motifs is 1. The van der Waals surface area contributed by atoms with Crippen molar-refractivity contribution in [1.82, 2.24) is 14.8 Å². The zero-order valence-electron chi connectivity index (χ0n) is 16.6. The quantitative estimate of drug-likeness (QED) is 0.739. The summed E-state index contributed by atoms with van der Waals surface area (Å²) < 4.78 is 6.84. The summed E-state index contributed by atoms with van der Waals surface area (Å²) in [5, 5.41) is 9.63. The summed E-state index contributed by atoms with van der Waals surface area (Å²) in [6.45, 7) is 4.56. The maximum atomic E-state index is 13.1. The van der Waals surface area contributed by atoms with Crippen LogP contribution in [-0.2, 0) is 4.79 Å². The van der Waals surface area contributed by atoms with E-state index in [-0.39, 0.29) is 48.3 Å². The van der Waals surface area contributed by atoms with Crippen LogP contribution in [0.4, 0.5) is 0 Å². The summed E-state index contributed by atoms with van der Waals surface area (Å²) in [4.78, 5) is 33.4. The van der Waals surface area contributed by atoms with Crippen LogP contribution in [0.2, 0.25) is 0 Å². The highest BCUT2D eigenvalue weighted by atomic mass is 79.9. The summed E-state index contributed by atoms with van der Waals surface area (Å²) in [5.74, 6) is 0.305. The van der Waals surface area contributed by atoms with Gasteiger partial charge in [0.2, 0.25) is 11.8 Å². The maximum Gasteiger partial charge on any atom is 0.259 e. The highest BCUT2D eigenvalue weighted by molar-refractivity contribution is 9.10. The predicted molar refractivity (Wildman–Crippen MR) is 108 cm³/mol. The molecule has 0 bridgehead atoms. The average Bonchev–Trinajstić information content (AvgIpc) is 2.63. The summed E-state index contributed by atoms with van der Waals surface area (Å²) in [7, 11) is 1.81. The minimum absolute atomic E-state index is 0.0341. The molecule has 2 amide bonds. The molecule has 1 fully saturated rings. The van der Waals surface area contributed by atoms with Crippen molar-refractivity contribution in [3.05, 3.63) is 22.3 Å². The molecule has 1 aliphatic heterocycles. The van der Waals surface area contributed by atoms with Crippen LogP contribution < -0.4 is 4.74 Å². The third-order valence-corrected chi connectivity index (χ3v) is 6.21. The number of nitrogens with zero attached hydrogens (tertiary/aromatic N) is 3. The Hall–Kier alpha value is -1.67. The van der Waals surface area contributed by atoms with Gasteiger partial charge in [0.25, 0.3) is 5.91 Å². The summed E-state index contributed by atoms with van der Waals surface area (Å²) in [6, 6.07) is 1.37. The lowest BCUT2D eigenvalue weighted by Gasteiger charge is -2.38. The number of amides is 2. The minimum Gasteiger partial charge on any atom is -0.472 e. The number of likely N-dealkylation sites (N-methyl/N-ethyl adjacent to an activating group) is 1. The fraction of sp³-hybridized carbons (Fsp3) is 0.650. The van der Waals surface area contributed by atoms with Gasteiger partial charge in [0.15, 0.2) is 0 Å². The average molecular weight is 454 g/mol. The van der Waals surface area contributed by atoms with E-state index in [1.807, 2.05) is 20.9 Å². The van der Waals surface area contributed by atoms with E-state index in [1.165, 1.54) is 0 Å². The highest BCUT2D eigenvalue weighted by Gasteiger charge is 2.36. The third kappa shape index (κ3) is 4.33. The van der Waals surface area contributed by atoms with Gasteiger partial charge in [-0.3, -0.25) is 9.59 Å². The van der Waals surface area contributed by atoms with Gasteiger partial charge in [0.1, 0.15) is 11.7 Å². The molecule has 7 nitrogen and oxygen atoms in total. The van der Waals surface area contributed by atoms with Gasteiger partial charge in [-0.2, -0.15) is 0 Å². The highest BCUT2D eigenvalue weighted by Crippen LogP contribution is 2.30. The molecular weight excluding hydrogens is 426 g/mol. The second kappa shape index (κ2) is 8.78. The minimum atomic E-state index is -0.324. The van der Waals surface area contributed by atoms with Gasteiger partial charge < -0.3 is 19.6 Å². The molecule has 0 unspecified atom stereocenters. The van der Waals surface area contributed by atoms with Crippen molar-refractivity contribution >= 4 is 27.7 Å². The van der Waals surface area contributed by atoms with Gasteiger partial charge >= 0.3 is 0 Å². The Bertz CT molecular complexity index is 740. The number of rotatable bonds is 5. The van der Waals surface area contributed by atoms with Crippen LogP contribution >= 0.6 is 15.9 Å². The van der Waals surface area contributed by atoms with E-state index in [1.54, 1.807) is 22.1 Å². The molecule has 0 spiro atoms. The molecule has 2 aliphatic rings. The molecular formula is C20H28BrN3O4. The number of aliphatic hydroxyl groups excluding tert-OH is 1. The maximum absolute atomic E-state index is 13.1. The molecule has 2 heterocycles. The number of aliphatic hydroxyl groups is 1. The molecule has 8 heteroatoms. The molecule has 0 radical (unpaired) electrons. The number of ether oxygens (including phenoxy) is 1. The number of pyridine rings is 1. The van der Waals surface area contributed by atoms with Crippen molar-refractivity contribution in [2.24, 2.45) is 11.8 Å². The second-order valence-electron chi connectivity index (χ2n) is 7.98. The monoisotopic (exact) mass is 453 g/mol. The van der Waals surface area contributed by atoms with E-state index in [2.05, 4.69) is 20.9 Å². The Balaban J connectivity index is 1.87. The van der Waals surface area contributed by atoms with Crippen molar-refractivity contribution < 1.29 is 19.4 Å². The number of halogens is 1. The van der Waals surface area contributed by atoms with E-state index in [0.717, 1.165) is 19.3 Å². The lowest BCUT2D eigenvalue weighted by molar-refractivity contribution is -0.138. The van der Waals surface area contributed by atoms with Crippen LogP contribution in [0, 0.1) is 11.8 Å². The van der Waals surface area contributed by atoms with Crippen LogP contribution in [0.15, 0.2) is 16.7 Å². The van der Waals surface area contributed by atoms with E-state index >= 15 is 0 Å². The van der Waals surface area contributed by atoms with Crippen LogP contribution in [0.3, 0.4) is 0 Å². The van der Waals surface area contributed by atoms with Crippen LogP contribution in [0.25, 0.3) is 0 Å². The molecule has 1 aromatic heterocycles. The van der Waals surface area contributed by atoms with E-state index in [0.29, 0.717) is 23.1 Å². The van der Waals surface area contributed by atoms with Gasteiger partial charge in [-0.05, 0) is 41.8 Å². The van der Waals surface area contributed by atoms with Gasteiger partial charge in [-0.25, -0.2) is 4.98 Å². The molecule has 28 heavy (non-hydrogen) atoms. The lowest BCUT2D eigenvalue weighted by Crippen LogP contribution is -2.51. The first-order chi connectivity index (χ1) is 13.3. The first-order valence-corrected chi connectivity index (χ1v) is 10.6. The summed E-state index contributed by atoms with van der Waals surface area (Å²) >= 11 is 3.36. The predicted octanol–water partition coefficient (Wildman–Crippen LogP) is 2.32. The lowest BCUT2D eigenvalue weighted by atomic mass is 9.84. The standard InChI is InChI=1S/C20H28BrN3O4/c1-12-9-24(13(2)11-25)20(27)16-7-15(21)8-22-18(16)28-17(12)10-23(3)19(26)14-5-4-6-14/h7-8,12-14,17,25H,4-6,9-11H2,1-3H3/t12-,13+,17+/m1/s1. The van der Waals surface area contributed by atoms with Crippen molar-refractivity contribution in [2.45, 2.75) is 45.3 Å². The SMILES string of the molecule is C[C@@H]1CN([C@@H](C)CO)C(=O)c2cc(Br)cnc2O[C@H]1CN(C)C(=O)C1CCC1. The topological polar surface area (TPSA) is 83.0 Å². The van der Waals surface area contributed by atoms with Crippen LogP contribution in [-0.4, -0.2) is 70.6 Å². The van der Waals surface area contributed by atoms with Crippen molar-refractivity contribution in [1.29, 1.82) is 0 Å². The fourth-order valence-corrected chi connectivity index (χ4v) is 3.95. The van der Waals surface area contributed by atoms with Gasteiger partial charge in [-0.15, -0.1) is 0 Å². The van der Waals surface area contributed by atoms with Crippen molar-refractivity contribution in [2.75, 3.05) is 26.7 Å². The number of carbonyl (C=O) groups is 2. The van der Waals surface area contributed by atoms with Crippen LogP contribution in [0.5, 0.6) is 5.88 Å². The fourth-order valence-electron chi connectivity index (χ4n) is 3.62. The Morgan fingerprint density at radius 2 is 2.21 bits per heavy atom. The second-order valence-corrected chi connectivity index (χ2v) is 8.89. The molecule has 1 N–H and O–H groups in total. The van der Waals surface area contributed by atoms with Gasteiger partial charge in [0.05, 0.1) is 19.2 Å². The first-order valence-electron chi connectivity index (χ1n) is 9.80. The number of hydrogen-bond acceptors (Lipinski definition) is 5. The zero-order chi connectivity index (χ0) is 20.4. The number of hydrogen-bond donors (Lipinski definition) is 1. The Kier molecular flexibility index (Phi) is 6.60. The van der Waals surface area contributed by atoms with E-state index in [9.17, 15) is 14.7 Å². The van der Waals surface area contributed by atoms with Crippen molar-refractivity contribution in [3.63, 3.8) is 0 Å². The molecule has 1 aromatic rings. The molecule has 1 saturated carbocycles. The molecule has 3 rings (SSSR count). The summed E-state index contributed by atoms with van der Waals surface area (Å²) in [6.07, 6.45) is 4.32.